The van der Waals surface area contributed by atoms with Crippen molar-refractivity contribution in [3.8, 4) is 11.5 Å². The van der Waals surface area contributed by atoms with Crippen molar-refractivity contribution < 1.29 is 24.2 Å². The van der Waals surface area contributed by atoms with Gasteiger partial charge in [0.1, 0.15) is 17.6 Å². The van der Waals surface area contributed by atoms with Gasteiger partial charge in [0.2, 0.25) is 0 Å². The van der Waals surface area contributed by atoms with E-state index in [4.69, 9.17) is 9.47 Å². The molecule has 2 aliphatic rings. The zero-order valence-electron chi connectivity index (χ0n) is 24.2. The molecule has 0 aromatic heterocycles. The number of nitrogens with one attached hydrogen (secondary N) is 2. The number of nitrogens with zero attached hydrogens (tertiary/aromatic N) is 2. The molecule has 2 aromatic carbocycles. The standard InChI is InChI=1S/C31H44N4O5/c1-21-17-35(22(2)20-36)30(37)27-16-25(33-31(38)32-24-10-13-26(39-4)14-11-24)12-15-28(27)40-29(21)19-34(3)18-23-8-6-5-7-9-23/h10-16,21-23,29,36H,5-9,17-20H2,1-4H3,(H2,32,33,38)/t21-,22+,29-/m0/s1. The van der Waals surface area contributed by atoms with Gasteiger partial charge in [-0.15, -0.1) is 0 Å². The summed E-state index contributed by atoms with van der Waals surface area (Å²) in [5.41, 5.74) is 1.45. The minimum atomic E-state index is -0.430. The van der Waals surface area contributed by atoms with E-state index in [0.717, 1.165) is 19.0 Å². The summed E-state index contributed by atoms with van der Waals surface area (Å²) in [6, 6.07) is 11.4. The number of aliphatic hydroxyl groups is 1. The fraction of sp³-hybridized carbons (Fsp3) is 0.548. The zero-order chi connectivity index (χ0) is 28.6. The van der Waals surface area contributed by atoms with Crippen molar-refractivity contribution in [1.82, 2.24) is 9.80 Å². The number of benzene rings is 2. The van der Waals surface area contributed by atoms with Crippen LogP contribution in [0.15, 0.2) is 42.5 Å². The normalized spacial score (nSPS) is 20.6. The lowest BCUT2D eigenvalue weighted by Crippen LogP contribution is -2.50. The summed E-state index contributed by atoms with van der Waals surface area (Å²) >= 11 is 0. The Labute approximate surface area is 237 Å². The predicted molar refractivity (Wildman–Crippen MR) is 157 cm³/mol. The van der Waals surface area contributed by atoms with Crippen LogP contribution in [0, 0.1) is 11.8 Å². The van der Waals surface area contributed by atoms with E-state index in [2.05, 4.69) is 29.5 Å². The molecule has 1 heterocycles. The molecular formula is C31H44N4O5. The van der Waals surface area contributed by atoms with Gasteiger partial charge >= 0.3 is 6.03 Å². The largest absolute Gasteiger partial charge is 0.497 e. The van der Waals surface area contributed by atoms with Crippen molar-refractivity contribution in [3.63, 3.8) is 0 Å². The van der Waals surface area contributed by atoms with Gasteiger partial charge in [-0.3, -0.25) is 4.79 Å². The lowest BCUT2D eigenvalue weighted by molar-refractivity contribution is 0.0330. The number of carbonyl (C=O) groups excluding carboxylic acids is 2. The van der Waals surface area contributed by atoms with E-state index in [9.17, 15) is 14.7 Å². The molecule has 9 heteroatoms. The van der Waals surface area contributed by atoms with Gasteiger partial charge in [-0.2, -0.15) is 0 Å². The first kappa shape index (κ1) is 29.7. The molecule has 0 saturated heterocycles. The molecule has 1 fully saturated rings. The summed E-state index contributed by atoms with van der Waals surface area (Å²) in [6.45, 7) is 6.08. The molecule has 1 aliphatic carbocycles. The third-order valence-corrected chi connectivity index (χ3v) is 8.06. The molecule has 40 heavy (non-hydrogen) atoms. The number of likely N-dealkylation sites (N-methyl/N-ethyl adjacent to an activating group) is 1. The SMILES string of the molecule is COc1ccc(NC(=O)Nc2ccc3c(c2)C(=O)N([C@H](C)CO)C[C@H](C)[C@H](CN(C)CC2CCCCC2)O3)cc1. The Balaban J connectivity index is 1.52. The second-order valence-corrected chi connectivity index (χ2v) is 11.4. The van der Waals surface area contributed by atoms with Crippen LogP contribution in [0.25, 0.3) is 0 Å². The van der Waals surface area contributed by atoms with Crippen LogP contribution in [0.1, 0.15) is 56.3 Å². The third-order valence-electron chi connectivity index (χ3n) is 8.06. The van der Waals surface area contributed by atoms with E-state index in [-0.39, 0.29) is 30.6 Å². The summed E-state index contributed by atoms with van der Waals surface area (Å²) in [5.74, 6) is 1.74. The molecule has 1 aliphatic heterocycles. The van der Waals surface area contributed by atoms with Crippen LogP contribution >= 0.6 is 0 Å². The van der Waals surface area contributed by atoms with Crippen molar-refractivity contribution in [2.45, 2.75) is 58.1 Å². The summed E-state index contributed by atoms with van der Waals surface area (Å²) in [6.07, 6.45) is 6.40. The predicted octanol–water partition coefficient (Wildman–Crippen LogP) is 5.07. The molecule has 0 radical (unpaired) electrons. The molecule has 1 saturated carbocycles. The van der Waals surface area contributed by atoms with E-state index in [1.807, 2.05) is 6.92 Å². The second-order valence-electron chi connectivity index (χ2n) is 11.4. The molecule has 0 spiro atoms. The number of hydrogen-bond donors (Lipinski definition) is 3. The third kappa shape index (κ3) is 7.67. The van der Waals surface area contributed by atoms with E-state index >= 15 is 0 Å². The van der Waals surface area contributed by atoms with Crippen molar-refractivity contribution in [2.24, 2.45) is 11.8 Å². The molecule has 4 rings (SSSR count). The van der Waals surface area contributed by atoms with E-state index < -0.39 is 6.03 Å². The highest BCUT2D eigenvalue weighted by molar-refractivity contribution is 6.02. The van der Waals surface area contributed by atoms with Gasteiger partial charge in [-0.05, 0) is 75.2 Å². The Kier molecular flexibility index (Phi) is 10.3. The fourth-order valence-electron chi connectivity index (χ4n) is 5.68. The Hall–Kier alpha value is -3.30. The number of urea groups is 1. The maximum Gasteiger partial charge on any atom is 0.323 e. The minimum absolute atomic E-state index is 0.0629. The van der Waals surface area contributed by atoms with Crippen LogP contribution in [-0.2, 0) is 0 Å². The first-order valence-electron chi connectivity index (χ1n) is 14.4. The first-order valence-corrected chi connectivity index (χ1v) is 14.4. The van der Waals surface area contributed by atoms with Crippen LogP contribution in [0.4, 0.5) is 16.2 Å². The summed E-state index contributed by atoms with van der Waals surface area (Å²) < 4.78 is 11.7. The van der Waals surface area contributed by atoms with Crippen LogP contribution < -0.4 is 20.1 Å². The number of anilines is 2. The molecule has 0 bridgehead atoms. The second kappa shape index (κ2) is 13.9. The Morgan fingerprint density at radius 2 is 1.77 bits per heavy atom. The number of hydrogen-bond acceptors (Lipinski definition) is 6. The molecule has 3 atom stereocenters. The number of methoxy groups -OCH3 is 1. The maximum atomic E-state index is 13.7. The van der Waals surface area contributed by atoms with Crippen LogP contribution in [0.2, 0.25) is 0 Å². The number of fused-ring (bicyclic) bond motifs is 1. The highest BCUT2D eigenvalue weighted by Crippen LogP contribution is 2.31. The average Bonchev–Trinajstić information content (AvgIpc) is 2.95. The Morgan fingerprint density at radius 3 is 2.45 bits per heavy atom. The van der Waals surface area contributed by atoms with Gasteiger partial charge in [0.25, 0.3) is 5.91 Å². The molecule has 0 unspecified atom stereocenters. The maximum absolute atomic E-state index is 13.7. The van der Waals surface area contributed by atoms with Crippen molar-refractivity contribution in [2.75, 3.05) is 51.0 Å². The molecule has 218 valence electrons. The smallest absolute Gasteiger partial charge is 0.323 e. The zero-order valence-corrected chi connectivity index (χ0v) is 24.2. The lowest BCUT2D eigenvalue weighted by Gasteiger charge is -2.38. The molecule has 9 nitrogen and oxygen atoms in total. The Morgan fingerprint density at radius 1 is 1.10 bits per heavy atom. The number of amides is 3. The van der Waals surface area contributed by atoms with Gasteiger partial charge < -0.3 is 35.0 Å². The van der Waals surface area contributed by atoms with Gasteiger partial charge in [0, 0.05) is 36.9 Å². The van der Waals surface area contributed by atoms with Crippen molar-refractivity contribution >= 4 is 23.3 Å². The van der Waals surface area contributed by atoms with Crippen molar-refractivity contribution in [3.05, 3.63) is 48.0 Å². The first-order chi connectivity index (χ1) is 19.3. The number of rotatable bonds is 9. The summed E-state index contributed by atoms with van der Waals surface area (Å²) in [7, 11) is 3.74. The highest BCUT2D eigenvalue weighted by atomic mass is 16.5. The van der Waals surface area contributed by atoms with Crippen LogP contribution in [-0.4, -0.2) is 79.4 Å². The highest BCUT2D eigenvalue weighted by Gasteiger charge is 2.34. The summed E-state index contributed by atoms with van der Waals surface area (Å²) in [5, 5.41) is 15.5. The Bertz CT molecular complexity index is 1140. The summed E-state index contributed by atoms with van der Waals surface area (Å²) in [4.78, 5) is 30.5. The fourth-order valence-corrected chi connectivity index (χ4v) is 5.68. The van der Waals surface area contributed by atoms with Gasteiger partial charge in [-0.1, -0.05) is 26.2 Å². The van der Waals surface area contributed by atoms with Gasteiger partial charge in [-0.25, -0.2) is 4.79 Å². The number of carbonyl (C=O) groups is 2. The molecular weight excluding hydrogens is 508 g/mol. The van der Waals surface area contributed by atoms with Crippen molar-refractivity contribution in [1.29, 1.82) is 0 Å². The number of ether oxygens (including phenoxy) is 2. The van der Waals surface area contributed by atoms with Crippen LogP contribution in [0.5, 0.6) is 11.5 Å². The average molecular weight is 553 g/mol. The van der Waals surface area contributed by atoms with Gasteiger partial charge in [0.15, 0.2) is 0 Å². The van der Waals surface area contributed by atoms with E-state index in [1.165, 1.54) is 32.1 Å². The van der Waals surface area contributed by atoms with Gasteiger partial charge in [0.05, 0.1) is 25.3 Å². The lowest BCUT2D eigenvalue weighted by atomic mass is 9.89. The van der Waals surface area contributed by atoms with E-state index in [1.54, 1.807) is 54.5 Å². The van der Waals surface area contributed by atoms with Crippen LogP contribution in [0.3, 0.4) is 0 Å². The van der Waals surface area contributed by atoms with E-state index in [0.29, 0.717) is 35.0 Å². The number of aliphatic hydroxyl groups excluding tert-OH is 1. The monoisotopic (exact) mass is 552 g/mol. The molecule has 3 amide bonds. The molecule has 3 N–H and O–H groups in total. The quantitative estimate of drug-likeness (QED) is 0.401. The molecule has 2 aromatic rings. The minimum Gasteiger partial charge on any atom is -0.497 e. The topological polar surface area (TPSA) is 103 Å².